The van der Waals surface area contributed by atoms with Crippen LogP contribution in [0.5, 0.6) is 0 Å². The van der Waals surface area contributed by atoms with Crippen LogP contribution in [0.25, 0.3) is 0 Å². The van der Waals surface area contributed by atoms with Gasteiger partial charge in [0.2, 0.25) is 11.8 Å². The molecule has 30 heavy (non-hydrogen) atoms. The van der Waals surface area contributed by atoms with Gasteiger partial charge < -0.3 is 15.1 Å². The van der Waals surface area contributed by atoms with Crippen LogP contribution in [0.3, 0.4) is 0 Å². The average molecular weight is 408 g/mol. The fourth-order valence-corrected chi connectivity index (χ4v) is 4.36. The van der Waals surface area contributed by atoms with Gasteiger partial charge in [0.05, 0.1) is 6.54 Å². The molecule has 3 heterocycles. The number of aryl methyl sites for hydroxylation is 1. The number of anilines is 1. The Balaban J connectivity index is 1.52. The highest BCUT2D eigenvalue weighted by Crippen LogP contribution is 2.32. The van der Waals surface area contributed by atoms with Crippen LogP contribution < -0.4 is 10.2 Å². The molecule has 0 spiro atoms. The number of hydrogen-bond acceptors (Lipinski definition) is 5. The van der Waals surface area contributed by atoms with Crippen LogP contribution in [0, 0.1) is 6.92 Å². The van der Waals surface area contributed by atoms with Gasteiger partial charge in [-0.25, -0.2) is 9.97 Å². The summed E-state index contributed by atoms with van der Waals surface area (Å²) in [5, 5.41) is 2.59. The van der Waals surface area contributed by atoms with Gasteiger partial charge in [-0.05, 0) is 31.7 Å². The van der Waals surface area contributed by atoms with Gasteiger partial charge in [-0.15, -0.1) is 0 Å². The van der Waals surface area contributed by atoms with Crippen molar-refractivity contribution in [2.45, 2.75) is 45.6 Å². The zero-order valence-electron chi connectivity index (χ0n) is 17.7. The zero-order valence-corrected chi connectivity index (χ0v) is 17.7. The molecule has 158 valence electrons. The standard InChI is InChI=1S/C23H29N5O2/c1-16-20-9-6-11-28(14-18-7-4-3-5-8-18)23(20)26-22(25-16)19-10-12-27(15-19)21(30)13-24-17(2)29/h3-5,7-8,19H,6,9-15H2,1-2H3,(H,24,29)/t19-/m0/s1. The van der Waals surface area contributed by atoms with Crippen LogP contribution in [0.15, 0.2) is 30.3 Å². The number of carbonyl (C=O) groups excluding carboxylic acids is 2. The van der Waals surface area contributed by atoms with Crippen LogP contribution in [-0.2, 0) is 22.6 Å². The van der Waals surface area contributed by atoms with Gasteiger partial charge >= 0.3 is 0 Å². The zero-order chi connectivity index (χ0) is 21.1. The van der Waals surface area contributed by atoms with E-state index in [9.17, 15) is 9.59 Å². The van der Waals surface area contributed by atoms with Gasteiger partial charge in [-0.3, -0.25) is 9.59 Å². The predicted octanol–water partition coefficient (Wildman–Crippen LogP) is 2.19. The number of amides is 2. The quantitative estimate of drug-likeness (QED) is 0.822. The summed E-state index contributed by atoms with van der Waals surface area (Å²) in [4.78, 5) is 37.4. The van der Waals surface area contributed by atoms with Gasteiger partial charge in [0.1, 0.15) is 11.6 Å². The first-order valence-corrected chi connectivity index (χ1v) is 10.7. The maximum Gasteiger partial charge on any atom is 0.241 e. The first-order valence-electron chi connectivity index (χ1n) is 10.7. The topological polar surface area (TPSA) is 78.4 Å². The molecule has 0 unspecified atom stereocenters. The minimum Gasteiger partial charge on any atom is -0.352 e. The van der Waals surface area contributed by atoms with Crippen LogP contribution in [-0.4, -0.2) is 52.9 Å². The molecule has 1 N–H and O–H groups in total. The van der Waals surface area contributed by atoms with Gasteiger partial charge in [0, 0.05) is 50.3 Å². The summed E-state index contributed by atoms with van der Waals surface area (Å²) in [6, 6.07) is 10.5. The van der Waals surface area contributed by atoms with Gasteiger partial charge in [0.25, 0.3) is 0 Å². The molecular formula is C23H29N5O2. The number of likely N-dealkylation sites (tertiary alicyclic amines) is 1. The smallest absolute Gasteiger partial charge is 0.241 e. The summed E-state index contributed by atoms with van der Waals surface area (Å²) in [6.45, 7) is 6.66. The van der Waals surface area contributed by atoms with E-state index in [-0.39, 0.29) is 24.3 Å². The van der Waals surface area contributed by atoms with Gasteiger partial charge in [-0.2, -0.15) is 0 Å². The first kappa shape index (κ1) is 20.3. The van der Waals surface area contributed by atoms with Gasteiger partial charge in [0.15, 0.2) is 0 Å². The molecule has 0 radical (unpaired) electrons. The summed E-state index contributed by atoms with van der Waals surface area (Å²) in [7, 11) is 0. The largest absolute Gasteiger partial charge is 0.352 e. The van der Waals surface area contributed by atoms with E-state index in [0.717, 1.165) is 49.7 Å². The number of rotatable bonds is 5. The van der Waals surface area contributed by atoms with Crippen molar-refractivity contribution >= 4 is 17.6 Å². The lowest BCUT2D eigenvalue weighted by Gasteiger charge is -2.31. The number of aromatic nitrogens is 2. The molecule has 2 aromatic rings. The molecule has 1 atom stereocenters. The molecule has 1 aromatic carbocycles. The van der Waals surface area contributed by atoms with E-state index >= 15 is 0 Å². The van der Waals surface area contributed by atoms with Crippen LogP contribution in [0.1, 0.15) is 48.3 Å². The Labute approximate surface area is 177 Å². The van der Waals surface area contributed by atoms with E-state index in [1.807, 2.05) is 6.07 Å². The molecule has 2 amide bonds. The second kappa shape index (κ2) is 8.81. The number of fused-ring (bicyclic) bond motifs is 1. The third kappa shape index (κ3) is 4.45. The lowest BCUT2D eigenvalue weighted by Crippen LogP contribution is -2.38. The normalized spacial score (nSPS) is 18.3. The monoisotopic (exact) mass is 407 g/mol. The Morgan fingerprint density at radius 2 is 1.97 bits per heavy atom. The lowest BCUT2D eigenvalue weighted by atomic mass is 10.0. The fraction of sp³-hybridized carbons (Fsp3) is 0.478. The maximum absolute atomic E-state index is 12.3. The summed E-state index contributed by atoms with van der Waals surface area (Å²) < 4.78 is 0. The van der Waals surface area contributed by atoms with Crippen LogP contribution in [0.4, 0.5) is 5.82 Å². The van der Waals surface area contributed by atoms with Crippen molar-refractivity contribution in [3.8, 4) is 0 Å². The third-order valence-corrected chi connectivity index (χ3v) is 5.97. The molecule has 1 fully saturated rings. The van der Waals surface area contributed by atoms with Crippen molar-refractivity contribution in [1.82, 2.24) is 20.2 Å². The van der Waals surface area contributed by atoms with Crippen molar-refractivity contribution in [3.63, 3.8) is 0 Å². The highest BCUT2D eigenvalue weighted by molar-refractivity contribution is 5.83. The number of hydrogen-bond donors (Lipinski definition) is 1. The maximum atomic E-state index is 12.3. The summed E-state index contributed by atoms with van der Waals surface area (Å²) in [5.41, 5.74) is 3.58. The van der Waals surface area contributed by atoms with E-state index < -0.39 is 0 Å². The Kier molecular flexibility index (Phi) is 5.97. The third-order valence-electron chi connectivity index (χ3n) is 5.97. The van der Waals surface area contributed by atoms with Crippen LogP contribution in [0.2, 0.25) is 0 Å². The van der Waals surface area contributed by atoms with Crippen molar-refractivity contribution in [2.24, 2.45) is 0 Å². The van der Waals surface area contributed by atoms with Gasteiger partial charge in [-0.1, -0.05) is 30.3 Å². The Morgan fingerprint density at radius 3 is 2.73 bits per heavy atom. The highest BCUT2D eigenvalue weighted by Gasteiger charge is 2.31. The molecule has 2 aliphatic rings. The van der Waals surface area contributed by atoms with E-state index in [0.29, 0.717) is 13.1 Å². The summed E-state index contributed by atoms with van der Waals surface area (Å²) >= 11 is 0. The number of benzene rings is 1. The second-order valence-corrected chi connectivity index (χ2v) is 8.22. The Hall–Kier alpha value is -2.96. The number of nitrogens with one attached hydrogen (secondary N) is 1. The molecule has 0 bridgehead atoms. The average Bonchev–Trinajstić information content (AvgIpc) is 3.24. The lowest BCUT2D eigenvalue weighted by molar-refractivity contribution is -0.131. The molecule has 1 saturated heterocycles. The minimum absolute atomic E-state index is 0.0481. The summed E-state index contributed by atoms with van der Waals surface area (Å²) in [5.74, 6) is 1.78. The minimum atomic E-state index is -0.189. The van der Waals surface area contributed by atoms with Crippen molar-refractivity contribution in [2.75, 3.05) is 31.1 Å². The van der Waals surface area contributed by atoms with Crippen molar-refractivity contribution in [1.29, 1.82) is 0 Å². The van der Waals surface area contributed by atoms with E-state index in [4.69, 9.17) is 9.97 Å². The molecule has 4 rings (SSSR count). The van der Waals surface area contributed by atoms with E-state index in [1.165, 1.54) is 18.1 Å². The fourth-order valence-electron chi connectivity index (χ4n) is 4.36. The Bertz CT molecular complexity index is 931. The molecule has 0 aliphatic carbocycles. The van der Waals surface area contributed by atoms with Crippen molar-refractivity contribution in [3.05, 3.63) is 53.0 Å². The molecule has 7 heteroatoms. The summed E-state index contributed by atoms with van der Waals surface area (Å²) in [6.07, 6.45) is 2.97. The van der Waals surface area contributed by atoms with E-state index in [2.05, 4.69) is 41.4 Å². The second-order valence-electron chi connectivity index (χ2n) is 8.22. The number of nitrogens with zero attached hydrogens (tertiary/aromatic N) is 4. The molecule has 2 aliphatic heterocycles. The van der Waals surface area contributed by atoms with Crippen LogP contribution >= 0.6 is 0 Å². The highest BCUT2D eigenvalue weighted by atomic mass is 16.2. The SMILES string of the molecule is CC(=O)NCC(=O)N1CC[C@H](c2nc(C)c3c(n2)N(Cc2ccccc2)CCC3)C1. The molecule has 1 aromatic heterocycles. The molecule has 7 nitrogen and oxygen atoms in total. The first-order chi connectivity index (χ1) is 14.5. The van der Waals surface area contributed by atoms with Crippen molar-refractivity contribution < 1.29 is 9.59 Å². The molecule has 0 saturated carbocycles. The number of carbonyl (C=O) groups is 2. The molecular weight excluding hydrogens is 378 g/mol. The predicted molar refractivity (Wildman–Crippen MR) is 115 cm³/mol. The Morgan fingerprint density at radius 1 is 1.17 bits per heavy atom. The van der Waals surface area contributed by atoms with E-state index in [1.54, 1.807) is 4.90 Å².